The highest BCUT2D eigenvalue weighted by molar-refractivity contribution is 5.95. The van der Waals surface area contributed by atoms with E-state index in [4.69, 9.17) is 4.52 Å². The van der Waals surface area contributed by atoms with Gasteiger partial charge in [0.05, 0.1) is 0 Å². The van der Waals surface area contributed by atoms with Gasteiger partial charge >= 0.3 is 0 Å². The molecule has 0 unspecified atom stereocenters. The number of carbonyl (C=O) groups is 2. The maximum atomic E-state index is 12.9. The van der Waals surface area contributed by atoms with E-state index in [0.29, 0.717) is 42.0 Å². The molecule has 0 bridgehead atoms. The maximum absolute atomic E-state index is 12.9. The number of carbonyl (C=O) groups excluding carboxylic acids is 2. The van der Waals surface area contributed by atoms with Gasteiger partial charge in [-0.2, -0.15) is 4.98 Å². The summed E-state index contributed by atoms with van der Waals surface area (Å²) < 4.78 is 5.39. The van der Waals surface area contributed by atoms with E-state index in [0.717, 1.165) is 31.6 Å². The minimum Gasteiger partial charge on any atom is -0.339 e. The van der Waals surface area contributed by atoms with Crippen LogP contribution in [-0.4, -0.2) is 57.9 Å². The quantitative estimate of drug-likeness (QED) is 0.575. The van der Waals surface area contributed by atoms with Crippen molar-refractivity contribution in [2.45, 2.75) is 33.7 Å². The minimum atomic E-state index is -0.131. The van der Waals surface area contributed by atoms with Crippen molar-refractivity contribution in [3.63, 3.8) is 0 Å². The number of hydrogen-bond acceptors (Lipinski definition) is 6. The predicted octanol–water partition coefficient (Wildman–Crippen LogP) is 3.85. The van der Waals surface area contributed by atoms with Gasteiger partial charge in [-0.25, -0.2) is 0 Å². The lowest BCUT2D eigenvalue weighted by Gasteiger charge is -2.34. The van der Waals surface area contributed by atoms with Gasteiger partial charge in [-0.05, 0) is 41.8 Å². The lowest BCUT2D eigenvalue weighted by Crippen LogP contribution is -2.48. The van der Waals surface area contributed by atoms with Crippen LogP contribution in [0.3, 0.4) is 0 Å². The van der Waals surface area contributed by atoms with Crippen LogP contribution in [0, 0.1) is 5.92 Å². The first-order valence-electron chi connectivity index (χ1n) is 11.7. The third-order valence-electron chi connectivity index (χ3n) is 5.75. The number of nitrogens with zero attached hydrogens (tertiary/aromatic N) is 4. The second-order valence-electron chi connectivity index (χ2n) is 9.14. The third kappa shape index (κ3) is 6.08. The normalized spacial score (nSPS) is 14.4. The van der Waals surface area contributed by atoms with Gasteiger partial charge in [-0.3, -0.25) is 14.5 Å². The smallest absolute Gasteiger partial charge is 0.253 e. The van der Waals surface area contributed by atoms with E-state index in [1.165, 1.54) is 12.5 Å². The molecular weight excluding hydrogens is 430 g/mol. The number of anilines is 1. The topological polar surface area (TPSA) is 91.6 Å². The monoisotopic (exact) mass is 461 g/mol. The highest BCUT2D eigenvalue weighted by Crippen LogP contribution is 2.20. The fourth-order valence-corrected chi connectivity index (χ4v) is 4.06. The summed E-state index contributed by atoms with van der Waals surface area (Å²) >= 11 is 0. The van der Waals surface area contributed by atoms with Gasteiger partial charge < -0.3 is 14.7 Å². The highest BCUT2D eigenvalue weighted by Gasteiger charge is 2.22. The van der Waals surface area contributed by atoms with Crippen LogP contribution in [0.15, 0.2) is 53.1 Å². The van der Waals surface area contributed by atoms with Crippen molar-refractivity contribution in [2.24, 2.45) is 5.92 Å². The van der Waals surface area contributed by atoms with Crippen molar-refractivity contribution < 1.29 is 14.1 Å². The van der Waals surface area contributed by atoms with Crippen LogP contribution in [0.4, 0.5) is 5.69 Å². The largest absolute Gasteiger partial charge is 0.339 e. The second kappa shape index (κ2) is 10.6. The Morgan fingerprint density at radius 3 is 2.47 bits per heavy atom. The van der Waals surface area contributed by atoms with Crippen molar-refractivity contribution in [3.05, 3.63) is 65.5 Å². The standard InChI is InChI=1S/C26H31N5O3/c1-18(2)15-24-28-25(29-34-24)22-6-4-5-20(16-22)17-30-11-13-31(14-12-30)26(33)21-7-9-23(10-8-21)27-19(3)32/h4-10,16,18H,11-15,17H2,1-3H3,(H,27,32). The Hall–Kier alpha value is -3.52. The Labute approximate surface area is 199 Å². The Balaban J connectivity index is 1.32. The average Bonchev–Trinajstić information content (AvgIpc) is 3.27. The molecule has 0 radical (unpaired) electrons. The van der Waals surface area contributed by atoms with E-state index in [1.807, 2.05) is 17.0 Å². The number of hydrogen-bond donors (Lipinski definition) is 1. The molecule has 2 heterocycles. The molecule has 3 aromatic rings. The number of nitrogens with one attached hydrogen (secondary N) is 1. The molecule has 1 aliphatic rings. The van der Waals surface area contributed by atoms with Gasteiger partial charge in [-0.1, -0.05) is 37.2 Å². The minimum absolute atomic E-state index is 0.0188. The fourth-order valence-electron chi connectivity index (χ4n) is 4.06. The first kappa shape index (κ1) is 23.6. The van der Waals surface area contributed by atoms with Crippen LogP contribution < -0.4 is 5.32 Å². The Morgan fingerprint density at radius 1 is 1.06 bits per heavy atom. The molecule has 0 atom stereocenters. The molecule has 8 heteroatoms. The van der Waals surface area contributed by atoms with Crippen LogP contribution >= 0.6 is 0 Å². The number of benzene rings is 2. The summed E-state index contributed by atoms with van der Waals surface area (Å²) in [5, 5.41) is 6.86. The Kier molecular flexibility index (Phi) is 7.37. The van der Waals surface area contributed by atoms with E-state index < -0.39 is 0 Å². The first-order valence-corrected chi connectivity index (χ1v) is 11.7. The van der Waals surface area contributed by atoms with Gasteiger partial charge in [-0.15, -0.1) is 0 Å². The third-order valence-corrected chi connectivity index (χ3v) is 5.75. The van der Waals surface area contributed by atoms with Gasteiger partial charge in [0.25, 0.3) is 5.91 Å². The predicted molar refractivity (Wildman–Crippen MR) is 130 cm³/mol. The molecule has 1 saturated heterocycles. The zero-order valence-electron chi connectivity index (χ0n) is 20.0. The molecule has 8 nitrogen and oxygen atoms in total. The number of rotatable bonds is 7. The summed E-state index contributed by atoms with van der Waals surface area (Å²) in [7, 11) is 0. The summed E-state index contributed by atoms with van der Waals surface area (Å²) in [6.07, 6.45) is 0.773. The summed E-state index contributed by atoms with van der Waals surface area (Å²) in [6.45, 7) is 9.48. The molecule has 2 amide bonds. The molecule has 178 valence electrons. The van der Waals surface area contributed by atoms with Gasteiger partial charge in [0.2, 0.25) is 17.6 Å². The average molecular weight is 462 g/mol. The van der Waals surface area contributed by atoms with Crippen LogP contribution in [0.2, 0.25) is 0 Å². The van der Waals surface area contributed by atoms with E-state index in [-0.39, 0.29) is 11.8 Å². The molecule has 0 aliphatic carbocycles. The van der Waals surface area contributed by atoms with Crippen LogP contribution in [-0.2, 0) is 17.8 Å². The molecule has 34 heavy (non-hydrogen) atoms. The molecule has 1 aromatic heterocycles. The van der Waals surface area contributed by atoms with Crippen molar-refractivity contribution in [1.82, 2.24) is 19.9 Å². The Morgan fingerprint density at radius 2 is 1.79 bits per heavy atom. The molecule has 1 N–H and O–H groups in total. The van der Waals surface area contributed by atoms with E-state index in [2.05, 4.69) is 46.3 Å². The molecule has 2 aromatic carbocycles. The van der Waals surface area contributed by atoms with E-state index in [1.54, 1.807) is 24.3 Å². The molecule has 0 spiro atoms. The molecule has 1 aliphatic heterocycles. The lowest BCUT2D eigenvalue weighted by molar-refractivity contribution is -0.114. The number of amides is 2. The van der Waals surface area contributed by atoms with Crippen molar-refractivity contribution >= 4 is 17.5 Å². The fraction of sp³-hybridized carbons (Fsp3) is 0.385. The van der Waals surface area contributed by atoms with Gasteiger partial charge in [0.15, 0.2) is 0 Å². The zero-order chi connectivity index (χ0) is 24.1. The Bertz CT molecular complexity index is 1130. The highest BCUT2D eigenvalue weighted by atomic mass is 16.5. The molecular formula is C26H31N5O3. The van der Waals surface area contributed by atoms with E-state index >= 15 is 0 Å². The molecule has 0 saturated carbocycles. The summed E-state index contributed by atoms with van der Waals surface area (Å²) in [4.78, 5) is 32.8. The van der Waals surface area contributed by atoms with Crippen molar-refractivity contribution in [2.75, 3.05) is 31.5 Å². The first-order chi connectivity index (χ1) is 16.4. The summed E-state index contributed by atoms with van der Waals surface area (Å²) in [5.74, 6) is 1.64. The molecule has 4 rings (SSSR count). The van der Waals surface area contributed by atoms with Crippen LogP contribution in [0.1, 0.15) is 42.6 Å². The van der Waals surface area contributed by atoms with E-state index in [9.17, 15) is 9.59 Å². The number of piperazine rings is 1. The second-order valence-corrected chi connectivity index (χ2v) is 9.14. The van der Waals surface area contributed by atoms with Crippen LogP contribution in [0.25, 0.3) is 11.4 Å². The zero-order valence-corrected chi connectivity index (χ0v) is 20.0. The van der Waals surface area contributed by atoms with Gasteiger partial charge in [0.1, 0.15) is 0 Å². The van der Waals surface area contributed by atoms with Crippen LogP contribution in [0.5, 0.6) is 0 Å². The summed E-state index contributed by atoms with van der Waals surface area (Å²) in [5.41, 5.74) is 3.45. The van der Waals surface area contributed by atoms with Gasteiger partial charge in [0, 0.05) is 62.9 Å². The lowest BCUT2D eigenvalue weighted by atomic mass is 10.1. The SMILES string of the molecule is CC(=O)Nc1ccc(C(=O)N2CCN(Cc3cccc(-c4noc(CC(C)C)n4)c3)CC2)cc1. The molecule has 1 fully saturated rings. The van der Waals surface area contributed by atoms with Crippen molar-refractivity contribution in [1.29, 1.82) is 0 Å². The number of aromatic nitrogens is 2. The maximum Gasteiger partial charge on any atom is 0.253 e. The summed E-state index contributed by atoms with van der Waals surface area (Å²) in [6, 6.07) is 15.3. The van der Waals surface area contributed by atoms with Crippen molar-refractivity contribution in [3.8, 4) is 11.4 Å².